The molecular formula is C11H20ClNO. The van der Waals surface area contributed by atoms with E-state index < -0.39 is 0 Å². The highest BCUT2D eigenvalue weighted by Crippen LogP contribution is 2.03. The van der Waals surface area contributed by atoms with Gasteiger partial charge in [-0.1, -0.05) is 24.8 Å². The Morgan fingerprint density at radius 3 is 2.57 bits per heavy atom. The lowest BCUT2D eigenvalue weighted by Crippen LogP contribution is -2.19. The molecule has 0 aliphatic rings. The minimum Gasteiger partial charge on any atom is -0.366 e. The third kappa shape index (κ3) is 9.60. The van der Waals surface area contributed by atoms with Crippen molar-refractivity contribution in [3.05, 3.63) is 12.2 Å². The van der Waals surface area contributed by atoms with Crippen molar-refractivity contribution in [2.24, 2.45) is 0 Å². The molecule has 0 atom stereocenters. The van der Waals surface area contributed by atoms with E-state index in [1.54, 1.807) is 7.11 Å². The van der Waals surface area contributed by atoms with Gasteiger partial charge in [-0.15, -0.1) is 12.4 Å². The summed E-state index contributed by atoms with van der Waals surface area (Å²) in [7, 11) is 1.66. The number of hydrogen-bond donors (Lipinski definition) is 1. The fraction of sp³-hybridized carbons (Fsp3) is 0.636. The first-order valence-electron chi connectivity index (χ1n) is 4.56. The number of ether oxygens (including phenoxy) is 1. The molecule has 0 aliphatic heterocycles. The first kappa shape index (κ1) is 16.0. The highest BCUT2D eigenvalue weighted by atomic mass is 35.5. The molecular weight excluding hydrogens is 198 g/mol. The quantitative estimate of drug-likeness (QED) is 0.575. The van der Waals surface area contributed by atoms with Crippen LogP contribution in [-0.2, 0) is 4.74 Å². The molecule has 0 spiro atoms. The molecule has 0 aliphatic carbocycles. The Morgan fingerprint density at radius 2 is 2.07 bits per heavy atom. The van der Waals surface area contributed by atoms with E-state index in [2.05, 4.69) is 24.1 Å². The van der Waals surface area contributed by atoms with Crippen molar-refractivity contribution in [3.63, 3.8) is 0 Å². The van der Waals surface area contributed by atoms with Crippen LogP contribution in [0.3, 0.4) is 0 Å². The second-order valence-corrected chi connectivity index (χ2v) is 3.19. The van der Waals surface area contributed by atoms with Crippen molar-refractivity contribution < 1.29 is 4.74 Å². The molecule has 0 rings (SSSR count). The monoisotopic (exact) mass is 217 g/mol. The van der Waals surface area contributed by atoms with Crippen molar-refractivity contribution in [2.45, 2.75) is 26.4 Å². The molecule has 0 radical (unpaired) electrons. The molecule has 0 bridgehead atoms. The van der Waals surface area contributed by atoms with E-state index in [0.29, 0.717) is 0 Å². The van der Waals surface area contributed by atoms with Crippen LogP contribution in [0.15, 0.2) is 12.2 Å². The van der Waals surface area contributed by atoms with Gasteiger partial charge in [-0.3, -0.25) is 0 Å². The zero-order valence-corrected chi connectivity index (χ0v) is 10.2. The summed E-state index contributed by atoms with van der Waals surface area (Å²) in [5, 5.41) is 3.17. The summed E-state index contributed by atoms with van der Waals surface area (Å²) in [5.74, 6) is 5.94. The van der Waals surface area contributed by atoms with E-state index in [4.69, 9.17) is 4.74 Å². The lowest BCUT2D eigenvalue weighted by molar-refractivity contribution is 0.0742. The summed E-state index contributed by atoms with van der Waals surface area (Å²) in [4.78, 5) is 0. The number of allylic oxidation sites excluding steroid dienone is 1. The number of rotatable bonds is 4. The summed E-state index contributed by atoms with van der Waals surface area (Å²) in [5.41, 5.74) is -0.345. The van der Waals surface area contributed by atoms with Crippen LogP contribution in [0.25, 0.3) is 0 Å². The number of methoxy groups -OCH3 is 1. The highest BCUT2D eigenvalue weighted by molar-refractivity contribution is 5.85. The third-order valence-corrected chi connectivity index (χ3v) is 1.60. The van der Waals surface area contributed by atoms with Gasteiger partial charge in [0.1, 0.15) is 5.60 Å². The maximum atomic E-state index is 5.14. The zero-order chi connectivity index (χ0) is 10.2. The summed E-state index contributed by atoms with van der Waals surface area (Å²) in [6, 6.07) is 0. The highest BCUT2D eigenvalue weighted by Gasteiger charge is 2.09. The lowest BCUT2D eigenvalue weighted by atomic mass is 10.1. The third-order valence-electron chi connectivity index (χ3n) is 1.60. The van der Waals surface area contributed by atoms with Gasteiger partial charge >= 0.3 is 0 Å². The van der Waals surface area contributed by atoms with Gasteiger partial charge in [0.05, 0.1) is 0 Å². The van der Waals surface area contributed by atoms with Crippen LogP contribution >= 0.6 is 12.4 Å². The Morgan fingerprint density at radius 1 is 1.43 bits per heavy atom. The van der Waals surface area contributed by atoms with Gasteiger partial charge < -0.3 is 10.1 Å². The van der Waals surface area contributed by atoms with Gasteiger partial charge in [0, 0.05) is 13.7 Å². The maximum Gasteiger partial charge on any atom is 0.123 e. The van der Waals surface area contributed by atoms with Crippen LogP contribution in [0.2, 0.25) is 0 Å². The molecule has 0 aromatic carbocycles. The molecule has 0 saturated carbocycles. The largest absolute Gasteiger partial charge is 0.366 e. The van der Waals surface area contributed by atoms with E-state index >= 15 is 0 Å². The lowest BCUT2D eigenvalue weighted by Gasteiger charge is -2.13. The molecule has 0 aromatic heterocycles. The van der Waals surface area contributed by atoms with Gasteiger partial charge in [-0.2, -0.15) is 0 Å². The number of hydrogen-bond acceptors (Lipinski definition) is 2. The van der Waals surface area contributed by atoms with Gasteiger partial charge in [-0.25, -0.2) is 0 Å². The van der Waals surface area contributed by atoms with Crippen LogP contribution in [0.5, 0.6) is 0 Å². The molecule has 0 fully saturated rings. The molecule has 82 valence electrons. The average Bonchev–Trinajstić information content (AvgIpc) is 2.11. The SMILES string of the molecule is CCNCC=CC#CC(C)(C)OC.Cl. The molecule has 14 heavy (non-hydrogen) atoms. The topological polar surface area (TPSA) is 21.3 Å². The Balaban J connectivity index is 0. The first-order chi connectivity index (χ1) is 6.12. The molecule has 0 amide bonds. The normalized spacial score (nSPS) is 10.6. The summed E-state index contributed by atoms with van der Waals surface area (Å²) in [6.45, 7) is 7.82. The molecule has 0 unspecified atom stereocenters. The summed E-state index contributed by atoms with van der Waals surface area (Å²) in [6.07, 6.45) is 3.85. The minimum absolute atomic E-state index is 0. The van der Waals surface area contributed by atoms with Gasteiger partial charge in [-0.05, 0) is 26.5 Å². The van der Waals surface area contributed by atoms with Crippen molar-refractivity contribution in [1.29, 1.82) is 0 Å². The maximum absolute atomic E-state index is 5.14. The Bertz CT molecular complexity index is 213. The molecule has 0 heterocycles. The number of nitrogens with one attached hydrogen (secondary N) is 1. The number of likely N-dealkylation sites (N-methyl/N-ethyl adjacent to an activating group) is 1. The summed E-state index contributed by atoms with van der Waals surface area (Å²) < 4.78 is 5.14. The Hall–Kier alpha value is -0.490. The van der Waals surface area contributed by atoms with Crippen LogP contribution in [0.1, 0.15) is 20.8 Å². The van der Waals surface area contributed by atoms with E-state index in [9.17, 15) is 0 Å². The average molecular weight is 218 g/mol. The smallest absolute Gasteiger partial charge is 0.123 e. The van der Waals surface area contributed by atoms with Crippen molar-refractivity contribution >= 4 is 12.4 Å². The Labute approximate surface area is 93.5 Å². The standard InChI is InChI=1S/C11H19NO.ClH/c1-5-12-10-8-6-7-9-11(2,3)13-4;/h6,8,12H,5,10H2,1-4H3;1H. The number of halogens is 1. The molecule has 2 nitrogen and oxygen atoms in total. The van der Waals surface area contributed by atoms with Crippen LogP contribution < -0.4 is 5.32 Å². The van der Waals surface area contributed by atoms with E-state index in [1.807, 2.05) is 26.0 Å². The van der Waals surface area contributed by atoms with E-state index in [0.717, 1.165) is 13.1 Å². The molecule has 0 aromatic rings. The second kappa shape index (κ2) is 9.08. The zero-order valence-electron chi connectivity index (χ0n) is 9.39. The van der Waals surface area contributed by atoms with Gasteiger partial charge in [0.15, 0.2) is 0 Å². The minimum atomic E-state index is -0.345. The molecule has 3 heteroatoms. The van der Waals surface area contributed by atoms with Gasteiger partial charge in [0.2, 0.25) is 0 Å². The van der Waals surface area contributed by atoms with Crippen molar-refractivity contribution in [1.82, 2.24) is 5.32 Å². The fourth-order valence-corrected chi connectivity index (χ4v) is 0.612. The predicted molar refractivity (Wildman–Crippen MR) is 63.8 cm³/mol. The van der Waals surface area contributed by atoms with Crippen LogP contribution in [0.4, 0.5) is 0 Å². The van der Waals surface area contributed by atoms with Gasteiger partial charge in [0.25, 0.3) is 0 Å². The fourth-order valence-electron chi connectivity index (χ4n) is 0.612. The van der Waals surface area contributed by atoms with Crippen LogP contribution in [0, 0.1) is 11.8 Å². The van der Waals surface area contributed by atoms with E-state index in [-0.39, 0.29) is 18.0 Å². The molecule has 1 N–H and O–H groups in total. The predicted octanol–water partition coefficient (Wildman–Crippen LogP) is 2.00. The Kier molecular flexibility index (Phi) is 10.4. The summed E-state index contributed by atoms with van der Waals surface area (Å²) >= 11 is 0. The van der Waals surface area contributed by atoms with Crippen molar-refractivity contribution in [3.8, 4) is 11.8 Å². The second-order valence-electron chi connectivity index (χ2n) is 3.19. The first-order valence-corrected chi connectivity index (χ1v) is 4.56. The molecule has 0 saturated heterocycles. The van der Waals surface area contributed by atoms with Crippen molar-refractivity contribution in [2.75, 3.05) is 20.2 Å². The van der Waals surface area contributed by atoms with Crippen LogP contribution in [-0.4, -0.2) is 25.8 Å². The van der Waals surface area contributed by atoms with E-state index in [1.165, 1.54) is 0 Å².